The molecule has 3 heterocycles. The van der Waals surface area contributed by atoms with Crippen LogP contribution in [0, 0.1) is 17.1 Å². The summed E-state index contributed by atoms with van der Waals surface area (Å²) in [6, 6.07) is 4.58. The molecule has 0 radical (unpaired) electrons. The number of fused-ring (bicyclic) bond motifs is 3. The van der Waals surface area contributed by atoms with E-state index < -0.39 is 17.3 Å². The summed E-state index contributed by atoms with van der Waals surface area (Å²) < 4.78 is 21.5. The molecule has 5 rings (SSSR count). The Balaban J connectivity index is 1.61. The zero-order valence-corrected chi connectivity index (χ0v) is 19.3. The van der Waals surface area contributed by atoms with Crippen molar-refractivity contribution in [1.82, 2.24) is 19.5 Å². The van der Waals surface area contributed by atoms with E-state index in [0.717, 1.165) is 55.6 Å². The van der Waals surface area contributed by atoms with Gasteiger partial charge in [-0.15, -0.1) is 0 Å². The predicted octanol–water partition coefficient (Wildman–Crippen LogP) is 4.34. The fourth-order valence-corrected chi connectivity index (χ4v) is 5.12. The summed E-state index contributed by atoms with van der Waals surface area (Å²) in [7, 11) is 1.37. The number of carboxylic acid groups (broad SMARTS) is 1. The van der Waals surface area contributed by atoms with E-state index in [1.54, 1.807) is 12.5 Å². The summed E-state index contributed by atoms with van der Waals surface area (Å²) in [5.74, 6) is -1.21. The van der Waals surface area contributed by atoms with Crippen molar-refractivity contribution in [2.24, 2.45) is 0 Å². The Kier molecular flexibility index (Phi) is 5.72. The molecule has 2 N–H and O–H groups in total. The van der Waals surface area contributed by atoms with Gasteiger partial charge in [0, 0.05) is 12.1 Å². The molecule has 0 bridgehead atoms. The van der Waals surface area contributed by atoms with E-state index >= 15 is 0 Å². The first kappa shape index (κ1) is 22.6. The van der Waals surface area contributed by atoms with Gasteiger partial charge in [0.15, 0.2) is 11.5 Å². The van der Waals surface area contributed by atoms with Crippen LogP contribution in [0.4, 0.5) is 21.8 Å². The Labute approximate surface area is 201 Å². The van der Waals surface area contributed by atoms with Gasteiger partial charge in [-0.1, -0.05) is 19.8 Å². The Morgan fingerprint density at radius 3 is 2.77 bits per heavy atom. The van der Waals surface area contributed by atoms with Crippen LogP contribution in [-0.2, 0) is 0 Å². The topological polar surface area (TPSA) is 129 Å². The first-order valence-electron chi connectivity index (χ1n) is 11.5. The van der Waals surface area contributed by atoms with E-state index in [-0.39, 0.29) is 29.5 Å². The number of hydrogen-bond acceptors (Lipinski definition) is 8. The van der Waals surface area contributed by atoms with Crippen molar-refractivity contribution in [3.63, 3.8) is 0 Å². The SMILES string of the molecule is CCC1c2c(C#N)ncn2-c2cnc(Nc3cc(F)c(C(=O)O)cc3OC)nc2N1C1CCCC1. The van der Waals surface area contributed by atoms with E-state index in [1.165, 1.54) is 7.11 Å². The second-order valence-corrected chi connectivity index (χ2v) is 8.59. The molecule has 0 amide bonds. The molecule has 0 saturated heterocycles. The van der Waals surface area contributed by atoms with Crippen LogP contribution in [0.5, 0.6) is 5.75 Å². The van der Waals surface area contributed by atoms with E-state index in [9.17, 15) is 19.6 Å². The number of anilines is 3. The molecule has 11 heteroatoms. The largest absolute Gasteiger partial charge is 0.495 e. The zero-order chi connectivity index (χ0) is 24.7. The zero-order valence-electron chi connectivity index (χ0n) is 19.3. The molecule has 1 unspecified atom stereocenters. The third-order valence-corrected chi connectivity index (χ3v) is 6.69. The van der Waals surface area contributed by atoms with E-state index in [2.05, 4.69) is 33.2 Å². The molecule has 1 fully saturated rings. The van der Waals surface area contributed by atoms with E-state index in [1.807, 2.05) is 4.57 Å². The van der Waals surface area contributed by atoms with Gasteiger partial charge < -0.3 is 20.1 Å². The number of halogens is 1. The molecule has 2 aliphatic rings. The van der Waals surface area contributed by atoms with Gasteiger partial charge in [-0.2, -0.15) is 10.2 Å². The number of aromatic carboxylic acids is 1. The maximum atomic E-state index is 14.4. The smallest absolute Gasteiger partial charge is 0.338 e. The molecule has 1 atom stereocenters. The first-order valence-corrected chi connectivity index (χ1v) is 11.5. The molecule has 3 aromatic rings. The number of imidazole rings is 1. The molecule has 1 aromatic carbocycles. The van der Waals surface area contributed by atoms with Gasteiger partial charge in [-0.25, -0.2) is 19.2 Å². The van der Waals surface area contributed by atoms with Crippen LogP contribution in [0.2, 0.25) is 0 Å². The minimum Gasteiger partial charge on any atom is -0.495 e. The summed E-state index contributed by atoms with van der Waals surface area (Å²) in [5.41, 5.74) is 1.67. The predicted molar refractivity (Wildman–Crippen MR) is 125 cm³/mol. The van der Waals surface area contributed by atoms with Gasteiger partial charge in [0.2, 0.25) is 5.95 Å². The van der Waals surface area contributed by atoms with Crippen molar-refractivity contribution < 1.29 is 19.0 Å². The molecule has 1 saturated carbocycles. The standard InChI is InChI=1S/C24H24FN7O3/c1-3-18-21-17(10-26)28-12-31(21)19-11-27-24(30-22(19)32(18)13-6-4-5-7-13)29-16-9-15(25)14(23(33)34)8-20(16)35-2/h8-9,11-13,18H,3-7H2,1-2H3,(H,33,34)(H,27,29,30). The number of hydrogen-bond donors (Lipinski definition) is 2. The van der Waals surface area contributed by atoms with E-state index in [4.69, 9.17) is 9.72 Å². The summed E-state index contributed by atoms with van der Waals surface area (Å²) in [4.78, 5) is 27.1. The quantitative estimate of drug-likeness (QED) is 0.532. The summed E-state index contributed by atoms with van der Waals surface area (Å²) in [6.45, 7) is 2.08. The molecule has 0 spiro atoms. The van der Waals surface area contributed by atoms with Gasteiger partial charge in [0.25, 0.3) is 0 Å². The number of nitriles is 1. The van der Waals surface area contributed by atoms with Crippen LogP contribution in [0.1, 0.15) is 66.8 Å². The number of nitrogens with zero attached hydrogens (tertiary/aromatic N) is 6. The molecule has 1 aliphatic heterocycles. The highest BCUT2D eigenvalue weighted by atomic mass is 19.1. The Bertz CT molecular complexity index is 1340. The van der Waals surface area contributed by atoms with Crippen molar-refractivity contribution in [2.75, 3.05) is 17.3 Å². The Morgan fingerprint density at radius 2 is 2.11 bits per heavy atom. The fraction of sp³-hybridized carbons (Fsp3) is 0.375. The summed E-state index contributed by atoms with van der Waals surface area (Å²) in [5, 5.41) is 21.9. The molecule has 1 aliphatic carbocycles. The summed E-state index contributed by atoms with van der Waals surface area (Å²) in [6.07, 6.45) is 8.33. The van der Waals surface area contributed by atoms with Crippen LogP contribution in [0.3, 0.4) is 0 Å². The number of aromatic nitrogens is 4. The lowest BCUT2D eigenvalue weighted by Crippen LogP contribution is -2.42. The maximum Gasteiger partial charge on any atom is 0.338 e. The number of ether oxygens (including phenoxy) is 1. The third-order valence-electron chi connectivity index (χ3n) is 6.69. The third kappa shape index (κ3) is 3.71. The average Bonchev–Trinajstić information content (AvgIpc) is 3.53. The number of carbonyl (C=O) groups is 1. The van der Waals surface area contributed by atoms with Crippen molar-refractivity contribution in [2.45, 2.75) is 51.1 Å². The van der Waals surface area contributed by atoms with Crippen LogP contribution in [-0.4, -0.2) is 43.7 Å². The lowest BCUT2D eigenvalue weighted by molar-refractivity contribution is 0.0691. The fourth-order valence-electron chi connectivity index (χ4n) is 5.12. The molecule has 10 nitrogen and oxygen atoms in total. The molecular formula is C24H24FN7O3. The highest BCUT2D eigenvalue weighted by molar-refractivity contribution is 5.89. The van der Waals surface area contributed by atoms with Gasteiger partial charge in [-0.05, 0) is 25.3 Å². The normalized spacial score (nSPS) is 17.0. The van der Waals surface area contributed by atoms with Gasteiger partial charge in [0.1, 0.15) is 29.7 Å². The average molecular weight is 478 g/mol. The van der Waals surface area contributed by atoms with E-state index in [0.29, 0.717) is 11.5 Å². The minimum atomic E-state index is -1.39. The summed E-state index contributed by atoms with van der Waals surface area (Å²) >= 11 is 0. The van der Waals surface area contributed by atoms with Crippen LogP contribution in [0.15, 0.2) is 24.7 Å². The molecular weight excluding hydrogens is 453 g/mol. The Morgan fingerprint density at radius 1 is 1.34 bits per heavy atom. The Hall–Kier alpha value is -4.20. The van der Waals surface area contributed by atoms with Crippen LogP contribution in [0.25, 0.3) is 5.69 Å². The molecule has 2 aromatic heterocycles. The second kappa shape index (κ2) is 8.87. The lowest BCUT2D eigenvalue weighted by Gasteiger charge is -2.41. The lowest BCUT2D eigenvalue weighted by atomic mass is 10.0. The molecule has 35 heavy (non-hydrogen) atoms. The van der Waals surface area contributed by atoms with Gasteiger partial charge in [-0.3, -0.25) is 4.57 Å². The van der Waals surface area contributed by atoms with Crippen LogP contribution >= 0.6 is 0 Å². The number of carboxylic acids is 1. The van der Waals surface area contributed by atoms with Crippen molar-refractivity contribution in [3.8, 4) is 17.5 Å². The number of nitrogens with one attached hydrogen (secondary N) is 1. The molecule has 180 valence electrons. The second-order valence-electron chi connectivity index (χ2n) is 8.59. The number of rotatable bonds is 6. The first-order chi connectivity index (χ1) is 17.0. The van der Waals surface area contributed by atoms with Crippen molar-refractivity contribution in [1.29, 1.82) is 5.26 Å². The number of methoxy groups -OCH3 is 1. The van der Waals surface area contributed by atoms with Crippen molar-refractivity contribution >= 4 is 23.4 Å². The minimum absolute atomic E-state index is 0.0765. The van der Waals surface area contributed by atoms with Gasteiger partial charge >= 0.3 is 5.97 Å². The van der Waals surface area contributed by atoms with Gasteiger partial charge in [0.05, 0.1) is 36.3 Å². The highest BCUT2D eigenvalue weighted by Crippen LogP contribution is 2.44. The monoisotopic (exact) mass is 477 g/mol. The van der Waals surface area contributed by atoms with Crippen LogP contribution < -0.4 is 15.0 Å². The van der Waals surface area contributed by atoms with Crippen molar-refractivity contribution in [3.05, 3.63) is 47.4 Å². The maximum absolute atomic E-state index is 14.4. The highest BCUT2D eigenvalue weighted by Gasteiger charge is 2.39. The number of benzene rings is 1.